The van der Waals surface area contributed by atoms with Crippen molar-refractivity contribution in [3.8, 4) is 0 Å². The van der Waals surface area contributed by atoms with Crippen LogP contribution in [0.2, 0.25) is 0 Å². The van der Waals surface area contributed by atoms with Gasteiger partial charge in [-0.05, 0) is 54.3 Å². The zero-order chi connectivity index (χ0) is 12.3. The van der Waals surface area contributed by atoms with Crippen molar-refractivity contribution in [1.82, 2.24) is 10.2 Å². The molecule has 1 aliphatic rings. The van der Waals surface area contributed by atoms with Gasteiger partial charge in [0.1, 0.15) is 0 Å². The number of thiophene rings is 1. The minimum atomic E-state index is 0.726. The molecule has 0 radical (unpaired) electrons. The predicted molar refractivity (Wildman–Crippen MR) is 78.5 cm³/mol. The zero-order valence-electron chi connectivity index (χ0n) is 10.6. The van der Waals surface area contributed by atoms with Crippen LogP contribution in [0.5, 0.6) is 0 Å². The molecular weight excluding hydrogens is 296 g/mol. The Hall–Kier alpha value is 0.1000. The quantitative estimate of drug-likeness (QED) is 0.830. The second kappa shape index (κ2) is 6.32. The summed E-state index contributed by atoms with van der Waals surface area (Å²) in [6, 6.07) is 3.05. The van der Waals surface area contributed by atoms with E-state index in [1.807, 2.05) is 11.3 Å². The molecule has 0 amide bonds. The molecule has 1 saturated carbocycles. The van der Waals surface area contributed by atoms with Gasteiger partial charge in [0.2, 0.25) is 0 Å². The molecule has 0 aliphatic heterocycles. The molecule has 1 N–H and O–H groups in total. The Kier molecular flexibility index (Phi) is 5.03. The van der Waals surface area contributed by atoms with E-state index in [9.17, 15) is 0 Å². The molecule has 1 heterocycles. The first-order valence-electron chi connectivity index (χ1n) is 6.28. The SMILES string of the molecule is CC(CNC1CC1)CN(C)Cc1cc(Br)cs1. The Balaban J connectivity index is 1.66. The third kappa shape index (κ3) is 5.08. The monoisotopic (exact) mass is 316 g/mol. The smallest absolute Gasteiger partial charge is 0.0325 e. The van der Waals surface area contributed by atoms with Gasteiger partial charge in [0.15, 0.2) is 0 Å². The third-order valence-electron chi connectivity index (χ3n) is 3.00. The summed E-state index contributed by atoms with van der Waals surface area (Å²) in [7, 11) is 2.21. The lowest BCUT2D eigenvalue weighted by molar-refractivity contribution is 0.275. The Morgan fingerprint density at radius 1 is 1.59 bits per heavy atom. The highest BCUT2D eigenvalue weighted by atomic mass is 79.9. The van der Waals surface area contributed by atoms with Crippen LogP contribution in [0.15, 0.2) is 15.9 Å². The van der Waals surface area contributed by atoms with Gasteiger partial charge >= 0.3 is 0 Å². The fourth-order valence-corrected chi connectivity index (χ4v) is 3.55. The van der Waals surface area contributed by atoms with Crippen LogP contribution in [-0.2, 0) is 6.54 Å². The van der Waals surface area contributed by atoms with E-state index in [-0.39, 0.29) is 0 Å². The van der Waals surface area contributed by atoms with Crippen molar-refractivity contribution < 1.29 is 0 Å². The topological polar surface area (TPSA) is 15.3 Å². The van der Waals surface area contributed by atoms with Crippen molar-refractivity contribution in [3.05, 3.63) is 20.8 Å². The van der Waals surface area contributed by atoms with E-state index in [0.29, 0.717) is 0 Å². The van der Waals surface area contributed by atoms with Crippen LogP contribution in [0, 0.1) is 5.92 Å². The first-order chi connectivity index (χ1) is 8.13. The van der Waals surface area contributed by atoms with Crippen LogP contribution in [0.25, 0.3) is 0 Å². The van der Waals surface area contributed by atoms with Crippen molar-refractivity contribution in [2.45, 2.75) is 32.4 Å². The van der Waals surface area contributed by atoms with Crippen LogP contribution in [0.3, 0.4) is 0 Å². The van der Waals surface area contributed by atoms with Gasteiger partial charge in [-0.2, -0.15) is 0 Å². The fraction of sp³-hybridized carbons (Fsp3) is 0.692. The Morgan fingerprint density at radius 3 is 2.94 bits per heavy atom. The van der Waals surface area contributed by atoms with E-state index in [1.54, 1.807) is 0 Å². The second-order valence-corrected chi connectivity index (χ2v) is 7.13. The number of hydrogen-bond donors (Lipinski definition) is 1. The van der Waals surface area contributed by atoms with E-state index >= 15 is 0 Å². The molecule has 1 aliphatic carbocycles. The third-order valence-corrected chi connectivity index (χ3v) is 4.69. The van der Waals surface area contributed by atoms with Gasteiger partial charge in [0.25, 0.3) is 0 Å². The fourth-order valence-electron chi connectivity index (χ4n) is 2.02. The molecule has 0 bridgehead atoms. The number of nitrogens with zero attached hydrogens (tertiary/aromatic N) is 1. The van der Waals surface area contributed by atoms with E-state index in [1.165, 1.54) is 22.2 Å². The molecule has 1 aromatic rings. The summed E-state index contributed by atoms with van der Waals surface area (Å²) in [5.74, 6) is 0.726. The molecular formula is C13H21BrN2S. The minimum absolute atomic E-state index is 0.726. The number of hydrogen-bond acceptors (Lipinski definition) is 3. The van der Waals surface area contributed by atoms with Crippen molar-refractivity contribution >= 4 is 27.3 Å². The molecule has 1 atom stereocenters. The maximum atomic E-state index is 3.60. The van der Waals surface area contributed by atoms with Crippen LogP contribution < -0.4 is 5.32 Å². The molecule has 1 fully saturated rings. The Labute approximate surface area is 117 Å². The average Bonchev–Trinajstić information content (AvgIpc) is 3.00. The van der Waals surface area contributed by atoms with Gasteiger partial charge in [-0.15, -0.1) is 11.3 Å². The summed E-state index contributed by atoms with van der Waals surface area (Å²) in [5.41, 5.74) is 0. The van der Waals surface area contributed by atoms with Crippen LogP contribution in [0.1, 0.15) is 24.6 Å². The number of rotatable bonds is 7. The highest BCUT2D eigenvalue weighted by molar-refractivity contribution is 9.10. The summed E-state index contributed by atoms with van der Waals surface area (Å²) >= 11 is 5.33. The van der Waals surface area contributed by atoms with E-state index in [2.05, 4.69) is 51.6 Å². The standard InChI is InChI=1S/C13H21BrN2S/c1-10(6-15-12-3-4-12)7-16(2)8-13-5-11(14)9-17-13/h5,9-10,12,15H,3-4,6-8H2,1-2H3. The Bertz CT molecular complexity index is 349. The largest absolute Gasteiger partial charge is 0.314 e. The summed E-state index contributed by atoms with van der Waals surface area (Å²) in [6.07, 6.45) is 2.76. The summed E-state index contributed by atoms with van der Waals surface area (Å²) in [4.78, 5) is 3.85. The molecule has 0 saturated heterocycles. The van der Waals surface area contributed by atoms with Crippen molar-refractivity contribution in [3.63, 3.8) is 0 Å². The predicted octanol–water partition coefficient (Wildman–Crippen LogP) is 3.33. The average molecular weight is 317 g/mol. The van der Waals surface area contributed by atoms with Gasteiger partial charge < -0.3 is 10.2 Å². The van der Waals surface area contributed by atoms with Crippen LogP contribution in [-0.4, -0.2) is 31.1 Å². The zero-order valence-corrected chi connectivity index (χ0v) is 13.0. The highest BCUT2D eigenvalue weighted by Crippen LogP contribution is 2.21. The molecule has 1 aromatic heterocycles. The summed E-state index contributed by atoms with van der Waals surface area (Å²) < 4.78 is 1.20. The minimum Gasteiger partial charge on any atom is -0.314 e. The molecule has 0 spiro atoms. The molecule has 96 valence electrons. The lowest BCUT2D eigenvalue weighted by atomic mass is 10.1. The maximum absolute atomic E-state index is 3.60. The lowest BCUT2D eigenvalue weighted by Crippen LogP contribution is -2.31. The van der Waals surface area contributed by atoms with Gasteiger partial charge in [0, 0.05) is 33.9 Å². The van der Waals surface area contributed by atoms with Crippen LogP contribution in [0.4, 0.5) is 0 Å². The van der Waals surface area contributed by atoms with Gasteiger partial charge in [-0.3, -0.25) is 0 Å². The van der Waals surface area contributed by atoms with Crippen molar-refractivity contribution in [1.29, 1.82) is 0 Å². The lowest BCUT2D eigenvalue weighted by Gasteiger charge is -2.21. The Morgan fingerprint density at radius 2 is 2.35 bits per heavy atom. The van der Waals surface area contributed by atoms with Crippen molar-refractivity contribution in [2.75, 3.05) is 20.1 Å². The summed E-state index contributed by atoms with van der Waals surface area (Å²) in [6.45, 7) is 5.71. The van der Waals surface area contributed by atoms with Crippen molar-refractivity contribution in [2.24, 2.45) is 5.92 Å². The van der Waals surface area contributed by atoms with E-state index in [4.69, 9.17) is 0 Å². The first-order valence-corrected chi connectivity index (χ1v) is 7.95. The number of halogens is 1. The van der Waals surface area contributed by atoms with E-state index < -0.39 is 0 Å². The number of nitrogens with one attached hydrogen (secondary N) is 1. The van der Waals surface area contributed by atoms with Gasteiger partial charge in [0.05, 0.1) is 0 Å². The molecule has 17 heavy (non-hydrogen) atoms. The first kappa shape index (κ1) is 13.5. The van der Waals surface area contributed by atoms with Gasteiger partial charge in [-0.1, -0.05) is 6.92 Å². The molecule has 2 nitrogen and oxygen atoms in total. The van der Waals surface area contributed by atoms with E-state index in [0.717, 1.165) is 31.6 Å². The maximum Gasteiger partial charge on any atom is 0.0325 e. The molecule has 2 rings (SSSR count). The molecule has 4 heteroatoms. The van der Waals surface area contributed by atoms with Crippen LogP contribution >= 0.6 is 27.3 Å². The molecule has 0 aromatic carbocycles. The highest BCUT2D eigenvalue weighted by Gasteiger charge is 2.21. The van der Waals surface area contributed by atoms with Gasteiger partial charge in [-0.25, -0.2) is 0 Å². The molecule has 1 unspecified atom stereocenters. The summed E-state index contributed by atoms with van der Waals surface area (Å²) in [5, 5.41) is 5.75. The normalized spacial score (nSPS) is 17.6. The second-order valence-electron chi connectivity index (χ2n) is 5.22.